The lowest BCUT2D eigenvalue weighted by Crippen LogP contribution is -2.39. The maximum absolute atomic E-state index is 12.1. The fourth-order valence-electron chi connectivity index (χ4n) is 1.99. The summed E-state index contributed by atoms with van der Waals surface area (Å²) in [7, 11) is 0. The predicted molar refractivity (Wildman–Crippen MR) is 80.5 cm³/mol. The van der Waals surface area contributed by atoms with Crippen LogP contribution in [0.15, 0.2) is 18.2 Å². The van der Waals surface area contributed by atoms with Crippen LogP contribution in [0.2, 0.25) is 5.02 Å². The maximum atomic E-state index is 12.1. The Balaban J connectivity index is 2.93. The molecule has 116 valence electrons. The number of halogens is 1. The van der Waals surface area contributed by atoms with Gasteiger partial charge in [-0.15, -0.1) is 0 Å². The number of carbonyl (C=O) groups excluding carboxylic acids is 1. The molecule has 2 N–H and O–H groups in total. The van der Waals surface area contributed by atoms with E-state index in [-0.39, 0.29) is 29.4 Å². The molecule has 0 radical (unpaired) electrons. The first kappa shape index (κ1) is 17.4. The van der Waals surface area contributed by atoms with Gasteiger partial charge in [-0.25, -0.2) is 0 Å². The van der Waals surface area contributed by atoms with Crippen molar-refractivity contribution < 1.29 is 14.8 Å². The van der Waals surface area contributed by atoms with Gasteiger partial charge in [-0.05, 0) is 25.0 Å². The van der Waals surface area contributed by atoms with E-state index in [9.17, 15) is 20.0 Å². The molecule has 0 saturated heterocycles. The summed E-state index contributed by atoms with van der Waals surface area (Å²) >= 11 is 5.71. The second kappa shape index (κ2) is 7.38. The van der Waals surface area contributed by atoms with Gasteiger partial charge < -0.3 is 10.4 Å². The van der Waals surface area contributed by atoms with Crippen LogP contribution in [-0.2, 0) is 0 Å². The van der Waals surface area contributed by atoms with Gasteiger partial charge in [-0.1, -0.05) is 25.4 Å². The molecular formula is C14H19ClN2O4. The molecule has 0 aliphatic rings. The molecule has 0 atom stereocenters. The van der Waals surface area contributed by atoms with Gasteiger partial charge in [-0.3, -0.25) is 14.9 Å². The lowest BCUT2D eigenvalue weighted by molar-refractivity contribution is -0.385. The number of hydrogen-bond acceptors (Lipinski definition) is 4. The van der Waals surface area contributed by atoms with Gasteiger partial charge in [-0.2, -0.15) is 0 Å². The number of aliphatic hydroxyl groups excluding tert-OH is 1. The summed E-state index contributed by atoms with van der Waals surface area (Å²) < 4.78 is 0. The van der Waals surface area contributed by atoms with E-state index < -0.39 is 16.2 Å². The van der Waals surface area contributed by atoms with Crippen LogP contribution in [0.4, 0.5) is 5.69 Å². The van der Waals surface area contributed by atoms with Crippen molar-refractivity contribution in [3.05, 3.63) is 38.9 Å². The van der Waals surface area contributed by atoms with Crippen LogP contribution < -0.4 is 5.32 Å². The number of nitro benzene ring substituents is 1. The summed E-state index contributed by atoms with van der Waals surface area (Å²) in [6.45, 7) is 4.06. The van der Waals surface area contributed by atoms with Crippen LogP contribution in [0, 0.1) is 15.5 Å². The fourth-order valence-corrected chi connectivity index (χ4v) is 2.16. The third-order valence-corrected chi connectivity index (χ3v) is 4.10. The Kier molecular flexibility index (Phi) is 6.11. The molecule has 21 heavy (non-hydrogen) atoms. The monoisotopic (exact) mass is 314 g/mol. The summed E-state index contributed by atoms with van der Waals surface area (Å²) in [5.41, 5.74) is -0.775. The van der Waals surface area contributed by atoms with Gasteiger partial charge in [0.2, 0.25) is 0 Å². The summed E-state index contributed by atoms with van der Waals surface area (Å²) in [6.07, 6.45) is 1.39. The second-order valence-corrected chi connectivity index (χ2v) is 5.40. The number of benzene rings is 1. The minimum atomic E-state index is -0.639. The van der Waals surface area contributed by atoms with Gasteiger partial charge in [0, 0.05) is 23.0 Å². The Morgan fingerprint density at radius 2 is 2.05 bits per heavy atom. The zero-order chi connectivity index (χ0) is 16.0. The normalized spacial score (nSPS) is 11.2. The Hall–Kier alpha value is -1.66. The summed E-state index contributed by atoms with van der Waals surface area (Å²) in [4.78, 5) is 22.5. The lowest BCUT2D eigenvalue weighted by Gasteiger charge is -2.29. The highest BCUT2D eigenvalue weighted by molar-refractivity contribution is 6.31. The van der Waals surface area contributed by atoms with E-state index in [2.05, 4.69) is 5.32 Å². The molecule has 0 unspecified atom stereocenters. The van der Waals surface area contributed by atoms with Crippen molar-refractivity contribution in [3.63, 3.8) is 0 Å². The Labute approximate surface area is 128 Å². The van der Waals surface area contributed by atoms with Crippen molar-refractivity contribution in [1.29, 1.82) is 0 Å². The smallest absolute Gasteiger partial charge is 0.283 e. The van der Waals surface area contributed by atoms with E-state index in [0.29, 0.717) is 12.8 Å². The third-order valence-electron chi connectivity index (χ3n) is 3.86. The lowest BCUT2D eigenvalue weighted by atomic mass is 9.83. The first-order valence-corrected chi connectivity index (χ1v) is 7.10. The Bertz CT molecular complexity index is 521. The first-order chi connectivity index (χ1) is 9.89. The molecule has 0 fully saturated rings. The largest absolute Gasteiger partial charge is 0.396 e. The van der Waals surface area contributed by atoms with Crippen LogP contribution in [0.25, 0.3) is 0 Å². The molecule has 0 aliphatic carbocycles. The molecule has 6 nitrogen and oxygen atoms in total. The molecule has 0 aliphatic heterocycles. The molecule has 0 heterocycles. The quantitative estimate of drug-likeness (QED) is 0.598. The number of nitrogens with zero attached hydrogens (tertiary/aromatic N) is 1. The molecule has 0 aromatic heterocycles. The average Bonchev–Trinajstić information content (AvgIpc) is 2.48. The molecular weight excluding hydrogens is 296 g/mol. The third kappa shape index (κ3) is 4.15. The summed E-state index contributed by atoms with van der Waals surface area (Å²) in [6, 6.07) is 3.91. The number of hydrogen-bond donors (Lipinski definition) is 2. The minimum absolute atomic E-state index is 0.0385. The van der Waals surface area contributed by atoms with Crippen LogP contribution >= 0.6 is 11.6 Å². The van der Waals surface area contributed by atoms with Gasteiger partial charge in [0.05, 0.1) is 11.5 Å². The number of nitro groups is 1. The Morgan fingerprint density at radius 1 is 1.43 bits per heavy atom. The van der Waals surface area contributed by atoms with E-state index in [1.807, 2.05) is 13.8 Å². The Morgan fingerprint density at radius 3 is 2.52 bits per heavy atom. The number of aliphatic hydroxyl groups is 1. The first-order valence-electron chi connectivity index (χ1n) is 6.72. The van der Waals surface area contributed by atoms with Gasteiger partial charge >= 0.3 is 0 Å². The van der Waals surface area contributed by atoms with Crippen LogP contribution in [0.3, 0.4) is 0 Å². The number of carbonyl (C=O) groups is 1. The highest BCUT2D eigenvalue weighted by atomic mass is 35.5. The molecule has 1 aromatic carbocycles. The van der Waals surface area contributed by atoms with Crippen molar-refractivity contribution in [3.8, 4) is 0 Å². The van der Waals surface area contributed by atoms with E-state index >= 15 is 0 Å². The van der Waals surface area contributed by atoms with E-state index in [4.69, 9.17) is 11.6 Å². The van der Waals surface area contributed by atoms with Crippen molar-refractivity contribution in [1.82, 2.24) is 5.32 Å². The molecule has 1 aromatic rings. The number of rotatable bonds is 7. The zero-order valence-electron chi connectivity index (χ0n) is 12.1. The van der Waals surface area contributed by atoms with Gasteiger partial charge in [0.15, 0.2) is 0 Å². The minimum Gasteiger partial charge on any atom is -0.396 e. The van der Waals surface area contributed by atoms with E-state index in [1.165, 1.54) is 12.1 Å². The molecule has 1 rings (SSSR count). The zero-order valence-corrected chi connectivity index (χ0v) is 12.8. The topological polar surface area (TPSA) is 92.5 Å². The standard InChI is InChI=1S/C14H19ClN2O4/c1-3-14(4-2,9-18)8-16-13(19)11-6-5-10(15)7-12(11)17(20)21/h5-7,18H,3-4,8-9H2,1-2H3,(H,16,19). The van der Waals surface area contributed by atoms with E-state index in [1.54, 1.807) is 0 Å². The van der Waals surface area contributed by atoms with Crippen LogP contribution in [0.1, 0.15) is 37.0 Å². The van der Waals surface area contributed by atoms with Crippen molar-refractivity contribution in [2.45, 2.75) is 26.7 Å². The summed E-state index contributed by atoms with van der Waals surface area (Å²) in [5, 5.41) is 23.3. The van der Waals surface area contributed by atoms with Crippen molar-refractivity contribution in [2.75, 3.05) is 13.2 Å². The van der Waals surface area contributed by atoms with Gasteiger partial charge in [0.25, 0.3) is 11.6 Å². The number of nitrogens with one attached hydrogen (secondary N) is 1. The second-order valence-electron chi connectivity index (χ2n) is 4.97. The maximum Gasteiger partial charge on any atom is 0.283 e. The molecule has 1 amide bonds. The molecule has 0 saturated carbocycles. The molecule has 7 heteroatoms. The average molecular weight is 315 g/mol. The predicted octanol–water partition coefficient (Wildman–Crippen LogP) is 2.78. The number of amides is 1. The van der Waals surface area contributed by atoms with Crippen molar-refractivity contribution in [2.24, 2.45) is 5.41 Å². The van der Waals surface area contributed by atoms with E-state index in [0.717, 1.165) is 6.07 Å². The molecule has 0 spiro atoms. The highest BCUT2D eigenvalue weighted by Crippen LogP contribution is 2.26. The van der Waals surface area contributed by atoms with Crippen LogP contribution in [-0.4, -0.2) is 29.1 Å². The fraction of sp³-hybridized carbons (Fsp3) is 0.500. The SMILES string of the molecule is CCC(CC)(CO)CNC(=O)c1ccc(Cl)cc1[N+](=O)[O-]. The van der Waals surface area contributed by atoms with Crippen molar-refractivity contribution >= 4 is 23.2 Å². The highest BCUT2D eigenvalue weighted by Gasteiger charge is 2.27. The summed E-state index contributed by atoms with van der Waals surface area (Å²) in [5.74, 6) is -0.543. The van der Waals surface area contributed by atoms with Gasteiger partial charge in [0.1, 0.15) is 5.56 Å². The van der Waals surface area contributed by atoms with Crippen LogP contribution in [0.5, 0.6) is 0 Å². The molecule has 0 bridgehead atoms.